The standard InChI is InChI=1S/C28H34FN3O5S/c1-27(2,3)37-26(34)31-24(25(33)32-17-22(29)15-23(32)16-30)28(4,5)38(35,36)18-19-11-13-21(14-12-19)20-9-7-6-8-10-20/h6-14,22-24H,15,17-18H2,1-5H3,(H,31,34)/t22-,23-,24+/m0/s1. The van der Waals surface area contributed by atoms with Crippen molar-refractivity contribution < 1.29 is 27.1 Å². The van der Waals surface area contributed by atoms with Crippen molar-refractivity contribution in [1.29, 1.82) is 5.26 Å². The van der Waals surface area contributed by atoms with Gasteiger partial charge in [0.2, 0.25) is 5.91 Å². The van der Waals surface area contributed by atoms with Crippen LogP contribution in [0, 0.1) is 11.3 Å². The van der Waals surface area contributed by atoms with E-state index < -0.39 is 56.2 Å². The van der Waals surface area contributed by atoms with Gasteiger partial charge in [0.25, 0.3) is 0 Å². The summed E-state index contributed by atoms with van der Waals surface area (Å²) in [7, 11) is -4.09. The summed E-state index contributed by atoms with van der Waals surface area (Å²) in [5.74, 6) is -1.25. The van der Waals surface area contributed by atoms with Crippen LogP contribution in [-0.4, -0.2) is 60.5 Å². The fourth-order valence-electron chi connectivity index (χ4n) is 4.28. The summed E-state index contributed by atoms with van der Waals surface area (Å²) in [5.41, 5.74) is 1.50. The van der Waals surface area contributed by atoms with Crippen LogP contribution < -0.4 is 5.32 Å². The molecule has 2 amide bonds. The molecule has 0 spiro atoms. The van der Waals surface area contributed by atoms with E-state index in [2.05, 4.69) is 5.32 Å². The number of nitriles is 1. The number of carbonyl (C=O) groups is 2. The van der Waals surface area contributed by atoms with Crippen LogP contribution in [0.25, 0.3) is 11.1 Å². The fourth-order valence-corrected chi connectivity index (χ4v) is 5.81. The lowest BCUT2D eigenvalue weighted by atomic mass is 10.0. The summed E-state index contributed by atoms with van der Waals surface area (Å²) in [5, 5.41) is 11.9. The number of benzene rings is 2. The molecule has 1 heterocycles. The predicted octanol–water partition coefficient (Wildman–Crippen LogP) is 4.40. The van der Waals surface area contributed by atoms with Crippen molar-refractivity contribution in [1.82, 2.24) is 10.2 Å². The zero-order valence-electron chi connectivity index (χ0n) is 22.3. The highest BCUT2D eigenvalue weighted by atomic mass is 32.2. The van der Waals surface area contributed by atoms with Gasteiger partial charge in [-0.3, -0.25) is 4.79 Å². The number of amides is 2. The van der Waals surface area contributed by atoms with Gasteiger partial charge in [0.15, 0.2) is 9.84 Å². The van der Waals surface area contributed by atoms with E-state index in [9.17, 15) is 27.7 Å². The van der Waals surface area contributed by atoms with Gasteiger partial charge in [-0.2, -0.15) is 5.26 Å². The molecule has 1 aliphatic heterocycles. The highest BCUT2D eigenvalue weighted by Gasteiger charge is 2.50. The number of rotatable bonds is 7. The maximum atomic E-state index is 14.1. The summed E-state index contributed by atoms with van der Waals surface area (Å²) < 4.78 is 45.0. The molecular weight excluding hydrogens is 509 g/mol. The number of carbonyl (C=O) groups excluding carboxylic acids is 2. The SMILES string of the molecule is CC(C)(C)OC(=O)N[C@H](C(=O)N1C[C@@H](F)C[C@H]1C#N)C(C)(C)S(=O)(=O)Cc1ccc(-c2ccccc2)cc1. The van der Waals surface area contributed by atoms with Crippen LogP contribution in [0.4, 0.5) is 9.18 Å². The molecule has 2 aromatic carbocycles. The summed E-state index contributed by atoms with van der Waals surface area (Å²) >= 11 is 0. The zero-order valence-corrected chi connectivity index (χ0v) is 23.1. The largest absolute Gasteiger partial charge is 0.444 e. The van der Waals surface area contributed by atoms with Crippen LogP contribution in [0.3, 0.4) is 0 Å². The molecule has 0 saturated carbocycles. The van der Waals surface area contributed by atoms with Crippen LogP contribution >= 0.6 is 0 Å². The van der Waals surface area contributed by atoms with E-state index in [-0.39, 0.29) is 13.0 Å². The van der Waals surface area contributed by atoms with Crippen molar-refractivity contribution >= 4 is 21.8 Å². The Hall–Kier alpha value is -3.45. The second-order valence-electron chi connectivity index (χ2n) is 11.0. The molecule has 2 aromatic rings. The Bertz CT molecular complexity index is 1300. The van der Waals surface area contributed by atoms with Crippen LogP contribution in [0.2, 0.25) is 0 Å². The molecule has 3 atom stereocenters. The maximum absolute atomic E-state index is 14.1. The van der Waals surface area contributed by atoms with Crippen molar-refractivity contribution in [2.45, 2.75) is 75.4 Å². The van der Waals surface area contributed by atoms with Crippen molar-refractivity contribution in [3.8, 4) is 17.2 Å². The van der Waals surface area contributed by atoms with Crippen molar-refractivity contribution in [2.75, 3.05) is 6.54 Å². The Balaban J connectivity index is 1.91. The molecule has 1 N–H and O–H groups in total. The normalized spacial score (nSPS) is 18.9. The average molecular weight is 544 g/mol. The van der Waals surface area contributed by atoms with Gasteiger partial charge >= 0.3 is 6.09 Å². The number of alkyl carbamates (subject to hydrolysis) is 1. The van der Waals surface area contributed by atoms with E-state index in [4.69, 9.17) is 4.74 Å². The third-order valence-electron chi connectivity index (χ3n) is 6.50. The summed E-state index contributed by atoms with van der Waals surface area (Å²) in [6.07, 6.45) is -2.59. The van der Waals surface area contributed by atoms with E-state index in [1.54, 1.807) is 32.9 Å². The number of likely N-dealkylation sites (tertiary alicyclic amines) is 1. The van der Waals surface area contributed by atoms with Crippen LogP contribution in [0.15, 0.2) is 54.6 Å². The second-order valence-corrected chi connectivity index (χ2v) is 13.5. The predicted molar refractivity (Wildman–Crippen MR) is 142 cm³/mol. The fraction of sp³-hybridized carbons (Fsp3) is 0.464. The van der Waals surface area contributed by atoms with Gasteiger partial charge in [0, 0.05) is 6.42 Å². The Morgan fingerprint density at radius 2 is 1.66 bits per heavy atom. The topological polar surface area (TPSA) is 117 Å². The lowest BCUT2D eigenvalue weighted by molar-refractivity contribution is -0.134. The van der Waals surface area contributed by atoms with Gasteiger partial charge in [-0.1, -0.05) is 54.6 Å². The Morgan fingerprint density at radius 3 is 2.21 bits per heavy atom. The van der Waals surface area contributed by atoms with Gasteiger partial charge in [0.1, 0.15) is 23.9 Å². The number of nitrogens with zero attached hydrogens (tertiary/aromatic N) is 2. The molecule has 10 heteroatoms. The highest BCUT2D eigenvalue weighted by Crippen LogP contribution is 2.30. The molecule has 38 heavy (non-hydrogen) atoms. The van der Waals surface area contributed by atoms with Crippen molar-refractivity contribution in [2.24, 2.45) is 0 Å². The minimum atomic E-state index is -4.09. The van der Waals surface area contributed by atoms with E-state index in [1.807, 2.05) is 48.5 Å². The number of hydrogen-bond acceptors (Lipinski definition) is 6. The molecule has 1 aliphatic rings. The quantitative estimate of drug-likeness (QED) is 0.553. The lowest BCUT2D eigenvalue weighted by Crippen LogP contribution is -2.62. The summed E-state index contributed by atoms with van der Waals surface area (Å²) in [6.45, 7) is 7.20. The molecule has 1 fully saturated rings. The number of hydrogen-bond donors (Lipinski definition) is 1. The summed E-state index contributed by atoms with van der Waals surface area (Å²) in [4.78, 5) is 27.3. The lowest BCUT2D eigenvalue weighted by Gasteiger charge is -2.36. The van der Waals surface area contributed by atoms with Crippen molar-refractivity contribution in [3.05, 3.63) is 60.2 Å². The van der Waals surface area contributed by atoms with Gasteiger partial charge in [0.05, 0.1) is 23.1 Å². The minimum Gasteiger partial charge on any atom is -0.444 e. The van der Waals surface area contributed by atoms with E-state index in [0.717, 1.165) is 16.0 Å². The smallest absolute Gasteiger partial charge is 0.408 e. The van der Waals surface area contributed by atoms with Crippen LogP contribution in [0.5, 0.6) is 0 Å². The van der Waals surface area contributed by atoms with Crippen molar-refractivity contribution in [3.63, 3.8) is 0 Å². The number of ether oxygens (including phenoxy) is 1. The van der Waals surface area contributed by atoms with Gasteiger partial charge in [-0.05, 0) is 51.3 Å². The van der Waals surface area contributed by atoms with Crippen LogP contribution in [0.1, 0.15) is 46.6 Å². The molecule has 0 bridgehead atoms. The average Bonchev–Trinajstić information content (AvgIpc) is 3.22. The second kappa shape index (κ2) is 11.1. The first-order valence-electron chi connectivity index (χ1n) is 12.3. The van der Waals surface area contributed by atoms with E-state index in [0.29, 0.717) is 5.56 Å². The molecule has 1 saturated heterocycles. The molecule has 0 unspecified atom stereocenters. The third kappa shape index (κ3) is 6.70. The summed E-state index contributed by atoms with van der Waals surface area (Å²) in [6, 6.07) is 15.9. The molecule has 3 rings (SSSR count). The Labute approximate surface area is 223 Å². The monoisotopic (exact) mass is 543 g/mol. The molecular formula is C28H34FN3O5S. The van der Waals surface area contributed by atoms with Gasteiger partial charge in [-0.15, -0.1) is 0 Å². The van der Waals surface area contributed by atoms with Crippen LogP contribution in [-0.2, 0) is 25.1 Å². The highest BCUT2D eigenvalue weighted by molar-refractivity contribution is 7.92. The minimum absolute atomic E-state index is 0.178. The number of alkyl halides is 1. The van der Waals surface area contributed by atoms with Gasteiger partial charge < -0.3 is 15.0 Å². The molecule has 0 radical (unpaired) electrons. The Morgan fingerprint density at radius 1 is 1.08 bits per heavy atom. The molecule has 0 aromatic heterocycles. The van der Waals surface area contributed by atoms with E-state index >= 15 is 0 Å². The molecule has 0 aliphatic carbocycles. The van der Waals surface area contributed by atoms with Gasteiger partial charge in [-0.25, -0.2) is 17.6 Å². The third-order valence-corrected chi connectivity index (χ3v) is 9.06. The first-order valence-corrected chi connectivity index (χ1v) is 14.0. The first-order chi connectivity index (χ1) is 17.6. The number of sulfone groups is 1. The number of halogens is 1. The van der Waals surface area contributed by atoms with E-state index in [1.165, 1.54) is 13.8 Å². The zero-order chi connectivity index (χ0) is 28.3. The Kier molecular flexibility index (Phi) is 8.52. The maximum Gasteiger partial charge on any atom is 0.408 e. The molecule has 8 nitrogen and oxygen atoms in total. The number of nitrogens with one attached hydrogen (secondary N) is 1. The first kappa shape index (κ1) is 29.1. The molecule has 204 valence electrons.